The molecule has 0 aliphatic rings. The van der Waals surface area contributed by atoms with Crippen molar-refractivity contribution >= 4 is 21.7 Å². The van der Waals surface area contributed by atoms with E-state index in [1.807, 2.05) is 6.92 Å². The van der Waals surface area contributed by atoms with Gasteiger partial charge in [-0.2, -0.15) is 4.31 Å². The van der Waals surface area contributed by atoms with Crippen LogP contribution < -0.4 is 5.32 Å². The molecule has 7 nitrogen and oxygen atoms in total. The Hall–Kier alpha value is -1.67. The molecule has 0 atom stereocenters. The predicted octanol–water partition coefficient (Wildman–Crippen LogP) is 0.218. The molecule has 0 aromatic carbocycles. The number of nitrogens with zero attached hydrogens (tertiary/aromatic N) is 2. The van der Waals surface area contributed by atoms with Crippen molar-refractivity contribution in [2.75, 3.05) is 25.5 Å². The number of carboxylic acids is 1. The quantitative estimate of drug-likeness (QED) is 0.769. The summed E-state index contributed by atoms with van der Waals surface area (Å²) in [4.78, 5) is 14.3. The van der Waals surface area contributed by atoms with Crippen LogP contribution in [-0.4, -0.2) is 48.9 Å². The van der Waals surface area contributed by atoms with Crippen LogP contribution in [0.2, 0.25) is 0 Å². The number of carboxylic acid groups (broad SMARTS) is 1. The third-order valence-electron chi connectivity index (χ3n) is 2.16. The minimum Gasteiger partial charge on any atom is -0.480 e. The first-order valence-corrected chi connectivity index (χ1v) is 6.69. The fraction of sp³-hybridized carbons (Fsp3) is 0.400. The van der Waals surface area contributed by atoms with E-state index in [0.29, 0.717) is 12.2 Å². The largest absolute Gasteiger partial charge is 0.480 e. The van der Waals surface area contributed by atoms with Gasteiger partial charge in [-0.05, 0) is 13.0 Å². The second-order valence-electron chi connectivity index (χ2n) is 3.59. The lowest BCUT2D eigenvalue weighted by molar-refractivity contribution is -0.137. The summed E-state index contributed by atoms with van der Waals surface area (Å²) < 4.78 is 24.8. The molecule has 0 aliphatic carbocycles. The van der Waals surface area contributed by atoms with Crippen molar-refractivity contribution in [3.8, 4) is 0 Å². The Labute approximate surface area is 106 Å². The summed E-state index contributed by atoms with van der Waals surface area (Å²) in [6.07, 6.45) is 2.69. The Bertz CT molecular complexity index is 530. The second kappa shape index (κ2) is 5.78. The van der Waals surface area contributed by atoms with Crippen LogP contribution in [0.5, 0.6) is 0 Å². The van der Waals surface area contributed by atoms with Crippen LogP contribution in [0.1, 0.15) is 6.92 Å². The Morgan fingerprint density at radius 2 is 2.17 bits per heavy atom. The molecular formula is C10H15N3O4S. The number of anilines is 1. The van der Waals surface area contributed by atoms with E-state index in [0.717, 1.165) is 4.31 Å². The summed E-state index contributed by atoms with van der Waals surface area (Å²) >= 11 is 0. The molecule has 0 unspecified atom stereocenters. The van der Waals surface area contributed by atoms with Crippen molar-refractivity contribution in [3.63, 3.8) is 0 Å². The maximum absolute atomic E-state index is 12.0. The summed E-state index contributed by atoms with van der Waals surface area (Å²) in [6, 6.07) is 1.42. The average molecular weight is 273 g/mol. The number of pyridine rings is 1. The van der Waals surface area contributed by atoms with E-state index in [1.165, 1.54) is 25.5 Å². The molecule has 100 valence electrons. The Morgan fingerprint density at radius 3 is 2.72 bits per heavy atom. The minimum absolute atomic E-state index is 0.0373. The van der Waals surface area contributed by atoms with E-state index < -0.39 is 22.5 Å². The van der Waals surface area contributed by atoms with Crippen molar-refractivity contribution in [1.82, 2.24) is 9.29 Å². The molecule has 1 aromatic heterocycles. The molecule has 1 rings (SSSR count). The zero-order valence-electron chi connectivity index (χ0n) is 10.1. The van der Waals surface area contributed by atoms with Gasteiger partial charge in [0.15, 0.2) is 0 Å². The topological polar surface area (TPSA) is 99.6 Å². The monoisotopic (exact) mass is 273 g/mol. The number of likely N-dealkylation sites (N-methyl/N-ethyl adjacent to an activating group) is 1. The van der Waals surface area contributed by atoms with Crippen LogP contribution in [-0.2, 0) is 14.8 Å². The molecule has 0 saturated carbocycles. The van der Waals surface area contributed by atoms with E-state index in [1.54, 1.807) is 0 Å². The SMILES string of the molecule is CCNc1cncc(S(=O)(=O)N(C)CC(=O)O)c1. The Kier molecular flexibility index (Phi) is 4.62. The van der Waals surface area contributed by atoms with Gasteiger partial charge in [0.1, 0.15) is 11.4 Å². The van der Waals surface area contributed by atoms with Gasteiger partial charge in [-0.1, -0.05) is 0 Å². The van der Waals surface area contributed by atoms with Gasteiger partial charge < -0.3 is 10.4 Å². The van der Waals surface area contributed by atoms with Crippen LogP contribution in [0.3, 0.4) is 0 Å². The Morgan fingerprint density at radius 1 is 1.50 bits per heavy atom. The molecule has 2 N–H and O–H groups in total. The molecule has 18 heavy (non-hydrogen) atoms. The summed E-state index contributed by atoms with van der Waals surface area (Å²) in [6.45, 7) is 1.92. The third-order valence-corrected chi connectivity index (χ3v) is 3.93. The lowest BCUT2D eigenvalue weighted by Gasteiger charge is -2.15. The standard InChI is InChI=1S/C10H15N3O4S/c1-3-12-8-4-9(6-11-5-8)18(16,17)13(2)7-10(14)15/h4-6,12H,3,7H2,1-2H3,(H,14,15). The van der Waals surface area contributed by atoms with Gasteiger partial charge in [0.25, 0.3) is 0 Å². The van der Waals surface area contributed by atoms with Crippen LogP contribution >= 0.6 is 0 Å². The first kappa shape index (κ1) is 14.4. The van der Waals surface area contributed by atoms with Crippen molar-refractivity contribution in [1.29, 1.82) is 0 Å². The molecular weight excluding hydrogens is 258 g/mol. The number of aromatic nitrogens is 1. The molecule has 0 amide bonds. The van der Waals surface area contributed by atoms with E-state index in [-0.39, 0.29) is 4.90 Å². The smallest absolute Gasteiger partial charge is 0.318 e. The fourth-order valence-electron chi connectivity index (χ4n) is 1.32. The van der Waals surface area contributed by atoms with Crippen molar-refractivity contribution < 1.29 is 18.3 Å². The van der Waals surface area contributed by atoms with Gasteiger partial charge >= 0.3 is 5.97 Å². The van der Waals surface area contributed by atoms with Crippen LogP contribution in [0.25, 0.3) is 0 Å². The first-order chi connectivity index (χ1) is 8.37. The number of rotatable bonds is 6. The fourth-order valence-corrected chi connectivity index (χ4v) is 2.43. The molecule has 8 heteroatoms. The number of hydrogen-bond donors (Lipinski definition) is 2. The van der Waals surface area contributed by atoms with E-state index in [2.05, 4.69) is 10.3 Å². The number of sulfonamides is 1. The molecule has 0 aliphatic heterocycles. The zero-order chi connectivity index (χ0) is 13.8. The highest BCUT2D eigenvalue weighted by Gasteiger charge is 2.23. The lowest BCUT2D eigenvalue weighted by atomic mass is 10.4. The molecule has 0 spiro atoms. The van der Waals surface area contributed by atoms with Gasteiger partial charge in [-0.15, -0.1) is 0 Å². The van der Waals surface area contributed by atoms with Crippen molar-refractivity contribution in [2.45, 2.75) is 11.8 Å². The van der Waals surface area contributed by atoms with Crippen LogP contribution in [0.15, 0.2) is 23.4 Å². The van der Waals surface area contributed by atoms with Gasteiger partial charge in [0.2, 0.25) is 10.0 Å². The van der Waals surface area contributed by atoms with E-state index in [4.69, 9.17) is 5.11 Å². The normalized spacial score (nSPS) is 11.5. The number of hydrogen-bond acceptors (Lipinski definition) is 5. The van der Waals surface area contributed by atoms with Gasteiger partial charge in [-0.3, -0.25) is 9.78 Å². The summed E-state index contributed by atoms with van der Waals surface area (Å²) in [7, 11) is -2.61. The second-order valence-corrected chi connectivity index (χ2v) is 5.64. The van der Waals surface area contributed by atoms with Crippen LogP contribution in [0.4, 0.5) is 5.69 Å². The highest BCUT2D eigenvalue weighted by molar-refractivity contribution is 7.89. The van der Waals surface area contributed by atoms with Gasteiger partial charge in [0.05, 0.1) is 11.9 Å². The summed E-state index contributed by atoms with van der Waals surface area (Å²) in [5.74, 6) is -1.21. The number of aliphatic carboxylic acids is 1. The van der Waals surface area contributed by atoms with Gasteiger partial charge in [-0.25, -0.2) is 8.42 Å². The van der Waals surface area contributed by atoms with E-state index >= 15 is 0 Å². The first-order valence-electron chi connectivity index (χ1n) is 5.25. The molecule has 1 heterocycles. The minimum atomic E-state index is -3.82. The highest BCUT2D eigenvalue weighted by Crippen LogP contribution is 2.16. The van der Waals surface area contributed by atoms with Crippen molar-refractivity contribution in [3.05, 3.63) is 18.5 Å². The Balaban J connectivity index is 3.04. The van der Waals surface area contributed by atoms with Gasteiger partial charge in [0, 0.05) is 19.8 Å². The third kappa shape index (κ3) is 3.41. The average Bonchev–Trinajstić information content (AvgIpc) is 2.29. The maximum atomic E-state index is 12.0. The summed E-state index contributed by atoms with van der Waals surface area (Å²) in [5, 5.41) is 11.5. The highest BCUT2D eigenvalue weighted by atomic mass is 32.2. The molecule has 0 fully saturated rings. The molecule has 0 radical (unpaired) electrons. The number of nitrogens with one attached hydrogen (secondary N) is 1. The zero-order valence-corrected chi connectivity index (χ0v) is 10.9. The van der Waals surface area contributed by atoms with Crippen molar-refractivity contribution in [2.24, 2.45) is 0 Å². The number of carbonyl (C=O) groups is 1. The van der Waals surface area contributed by atoms with Crippen LogP contribution in [0, 0.1) is 0 Å². The lowest BCUT2D eigenvalue weighted by Crippen LogP contribution is -2.32. The molecule has 1 aromatic rings. The molecule has 0 bridgehead atoms. The predicted molar refractivity (Wildman–Crippen MR) is 65.9 cm³/mol. The maximum Gasteiger partial charge on any atom is 0.318 e. The summed E-state index contributed by atoms with van der Waals surface area (Å²) in [5.41, 5.74) is 0.572. The molecule has 0 saturated heterocycles. The van der Waals surface area contributed by atoms with E-state index in [9.17, 15) is 13.2 Å².